The zero-order valence-electron chi connectivity index (χ0n) is 10.3. The van der Waals surface area contributed by atoms with Gasteiger partial charge in [-0.3, -0.25) is 4.79 Å². The molecule has 19 heavy (non-hydrogen) atoms. The van der Waals surface area contributed by atoms with Gasteiger partial charge in [0.25, 0.3) is 5.91 Å². The smallest absolute Gasteiger partial charge is 0.252 e. The van der Waals surface area contributed by atoms with Crippen LogP contribution >= 0.6 is 22.7 Å². The molecular weight excluding hydrogens is 276 g/mol. The molecule has 0 radical (unpaired) electrons. The molecule has 3 N–H and O–H groups in total. The number of amides is 1. The molecule has 0 aromatic carbocycles. The van der Waals surface area contributed by atoms with Crippen molar-refractivity contribution < 1.29 is 4.79 Å². The van der Waals surface area contributed by atoms with Gasteiger partial charge in [-0.05, 0) is 34.9 Å². The molecule has 98 valence electrons. The molecule has 0 atom stereocenters. The summed E-state index contributed by atoms with van der Waals surface area (Å²) in [5.74, 6) is 5.65. The van der Waals surface area contributed by atoms with Gasteiger partial charge in [0.1, 0.15) is 0 Å². The Kier molecular flexibility index (Phi) is 5.16. The van der Waals surface area contributed by atoms with Gasteiger partial charge < -0.3 is 11.1 Å². The summed E-state index contributed by atoms with van der Waals surface area (Å²) < 4.78 is 0. The molecular formula is C14H14N2OS2. The number of rotatable bonds is 4. The van der Waals surface area contributed by atoms with Gasteiger partial charge in [0, 0.05) is 11.9 Å². The second-order valence-corrected chi connectivity index (χ2v) is 5.53. The number of carbonyl (C=O) groups is 1. The van der Waals surface area contributed by atoms with Crippen molar-refractivity contribution >= 4 is 28.6 Å². The van der Waals surface area contributed by atoms with Crippen LogP contribution in [0.25, 0.3) is 0 Å². The maximum atomic E-state index is 11.9. The van der Waals surface area contributed by atoms with Crippen LogP contribution in [0.4, 0.5) is 0 Å². The van der Waals surface area contributed by atoms with Crippen molar-refractivity contribution in [3.8, 4) is 11.8 Å². The van der Waals surface area contributed by atoms with Crippen LogP contribution in [0.2, 0.25) is 0 Å². The lowest BCUT2D eigenvalue weighted by Crippen LogP contribution is -2.25. The fraction of sp³-hybridized carbons (Fsp3) is 0.214. The number of thiophene rings is 2. The second kappa shape index (κ2) is 7.10. The van der Waals surface area contributed by atoms with E-state index in [1.807, 2.05) is 10.8 Å². The number of carbonyl (C=O) groups excluding carboxylic acids is 1. The molecule has 3 nitrogen and oxygen atoms in total. The van der Waals surface area contributed by atoms with Crippen LogP contribution in [0, 0.1) is 11.8 Å². The highest BCUT2D eigenvalue weighted by atomic mass is 32.1. The molecule has 0 saturated heterocycles. The molecule has 0 bridgehead atoms. The first-order valence-electron chi connectivity index (χ1n) is 5.86. The highest BCUT2D eigenvalue weighted by Gasteiger charge is 2.07. The Morgan fingerprint density at radius 1 is 1.42 bits per heavy atom. The van der Waals surface area contributed by atoms with Crippen molar-refractivity contribution in [1.82, 2.24) is 5.32 Å². The summed E-state index contributed by atoms with van der Waals surface area (Å²) >= 11 is 3.13. The minimum atomic E-state index is -0.0488. The average molecular weight is 290 g/mol. The zero-order chi connectivity index (χ0) is 13.5. The van der Waals surface area contributed by atoms with Crippen molar-refractivity contribution in [3.63, 3.8) is 0 Å². The molecule has 0 saturated carbocycles. The Balaban J connectivity index is 1.84. The van der Waals surface area contributed by atoms with E-state index in [0.717, 1.165) is 11.3 Å². The van der Waals surface area contributed by atoms with Crippen molar-refractivity contribution in [2.24, 2.45) is 5.73 Å². The van der Waals surface area contributed by atoms with Crippen LogP contribution < -0.4 is 11.1 Å². The topological polar surface area (TPSA) is 55.1 Å². The van der Waals surface area contributed by atoms with Crippen LogP contribution in [-0.2, 0) is 6.42 Å². The monoisotopic (exact) mass is 290 g/mol. The number of nitrogens with one attached hydrogen (secondary N) is 1. The molecule has 5 heteroatoms. The Morgan fingerprint density at radius 3 is 3.05 bits per heavy atom. The minimum Gasteiger partial charge on any atom is -0.352 e. The Bertz CT molecular complexity index is 590. The summed E-state index contributed by atoms with van der Waals surface area (Å²) in [7, 11) is 0. The lowest BCUT2D eigenvalue weighted by molar-refractivity contribution is 0.0954. The molecule has 2 rings (SSSR count). The molecule has 0 fully saturated rings. The van der Waals surface area contributed by atoms with E-state index in [-0.39, 0.29) is 5.91 Å². The van der Waals surface area contributed by atoms with E-state index in [2.05, 4.69) is 28.6 Å². The molecule has 0 spiro atoms. The summed E-state index contributed by atoms with van der Waals surface area (Å²) in [5.41, 5.74) is 7.23. The maximum absolute atomic E-state index is 11.9. The van der Waals surface area contributed by atoms with Gasteiger partial charge in [-0.1, -0.05) is 11.8 Å². The third-order valence-electron chi connectivity index (χ3n) is 2.45. The van der Waals surface area contributed by atoms with Gasteiger partial charge in [-0.25, -0.2) is 0 Å². The van der Waals surface area contributed by atoms with Gasteiger partial charge >= 0.3 is 0 Å². The average Bonchev–Trinajstić information content (AvgIpc) is 3.07. The fourth-order valence-corrected chi connectivity index (χ4v) is 2.97. The number of nitrogens with two attached hydrogens (primary N) is 1. The summed E-state index contributed by atoms with van der Waals surface area (Å²) in [4.78, 5) is 12.8. The van der Waals surface area contributed by atoms with Gasteiger partial charge in [0.15, 0.2) is 0 Å². The van der Waals surface area contributed by atoms with Crippen molar-refractivity contribution in [2.75, 3.05) is 13.1 Å². The predicted molar refractivity (Wildman–Crippen MR) is 80.6 cm³/mol. The van der Waals surface area contributed by atoms with Gasteiger partial charge in [-0.2, -0.15) is 11.3 Å². The van der Waals surface area contributed by atoms with Crippen LogP contribution in [0.1, 0.15) is 20.8 Å². The molecule has 1 amide bonds. The fourth-order valence-electron chi connectivity index (χ4n) is 1.52. The van der Waals surface area contributed by atoms with Crippen LogP contribution in [0.3, 0.4) is 0 Å². The lowest BCUT2D eigenvalue weighted by Gasteiger charge is -2.01. The van der Waals surface area contributed by atoms with Crippen LogP contribution in [0.5, 0.6) is 0 Å². The van der Waals surface area contributed by atoms with E-state index in [1.54, 1.807) is 17.4 Å². The third kappa shape index (κ3) is 4.21. The molecule has 2 heterocycles. The predicted octanol–water partition coefficient (Wildman–Crippen LogP) is 2.09. The Hall–Kier alpha value is -1.61. The van der Waals surface area contributed by atoms with E-state index >= 15 is 0 Å². The summed E-state index contributed by atoms with van der Waals surface area (Å²) in [6.45, 7) is 0.981. The van der Waals surface area contributed by atoms with E-state index in [4.69, 9.17) is 5.73 Å². The molecule has 0 aliphatic heterocycles. The number of hydrogen-bond donors (Lipinski definition) is 2. The van der Waals surface area contributed by atoms with Gasteiger partial charge in [-0.15, -0.1) is 11.3 Å². The lowest BCUT2D eigenvalue weighted by atomic mass is 10.2. The largest absolute Gasteiger partial charge is 0.352 e. The van der Waals surface area contributed by atoms with Gasteiger partial charge in [0.05, 0.1) is 17.0 Å². The quantitative estimate of drug-likeness (QED) is 0.847. The molecule has 0 aliphatic rings. The highest BCUT2D eigenvalue weighted by Crippen LogP contribution is 2.13. The second-order valence-electron chi connectivity index (χ2n) is 3.84. The molecule has 2 aromatic heterocycles. The minimum absolute atomic E-state index is 0.0488. The zero-order valence-corrected chi connectivity index (χ0v) is 11.9. The first-order valence-corrected chi connectivity index (χ1v) is 7.68. The summed E-state index contributed by atoms with van der Waals surface area (Å²) in [6.07, 6.45) is 0.860. The van der Waals surface area contributed by atoms with Crippen molar-refractivity contribution in [1.29, 1.82) is 0 Å². The number of hydrogen-bond acceptors (Lipinski definition) is 4. The molecule has 0 aliphatic carbocycles. The first kappa shape index (κ1) is 13.8. The molecule has 0 unspecified atom stereocenters. The van der Waals surface area contributed by atoms with E-state index < -0.39 is 0 Å². The summed E-state index contributed by atoms with van der Waals surface area (Å²) in [5, 5.41) is 8.86. The van der Waals surface area contributed by atoms with Crippen molar-refractivity contribution in [2.45, 2.75) is 6.42 Å². The molecule has 2 aromatic rings. The highest BCUT2D eigenvalue weighted by molar-refractivity contribution is 7.10. The van der Waals surface area contributed by atoms with Crippen LogP contribution in [-0.4, -0.2) is 19.0 Å². The maximum Gasteiger partial charge on any atom is 0.252 e. The van der Waals surface area contributed by atoms with E-state index in [9.17, 15) is 4.79 Å². The third-order valence-corrected chi connectivity index (χ3v) is 4.03. The van der Waals surface area contributed by atoms with Gasteiger partial charge in [0.2, 0.25) is 0 Å². The van der Waals surface area contributed by atoms with E-state index in [1.165, 1.54) is 16.9 Å². The Labute approximate surface area is 120 Å². The SMILES string of the molecule is NCC#Cc1cc(C(=O)NCCc2ccsc2)cs1. The first-order chi connectivity index (χ1) is 9.29. The summed E-state index contributed by atoms with van der Waals surface area (Å²) in [6, 6.07) is 3.87. The van der Waals surface area contributed by atoms with E-state index in [0.29, 0.717) is 18.7 Å². The normalized spacial score (nSPS) is 9.74. The Morgan fingerprint density at radius 2 is 2.32 bits per heavy atom. The van der Waals surface area contributed by atoms with Crippen molar-refractivity contribution in [3.05, 3.63) is 44.3 Å². The standard InChI is InChI=1S/C14H14N2OS2/c15-5-1-2-13-8-12(10-19-13)14(17)16-6-3-11-4-7-18-9-11/h4,7-10H,3,5-6,15H2,(H,16,17). The van der Waals surface area contributed by atoms with Crippen LogP contribution in [0.15, 0.2) is 28.3 Å².